The summed E-state index contributed by atoms with van der Waals surface area (Å²) in [4.78, 5) is 34.6. The van der Waals surface area contributed by atoms with Crippen molar-refractivity contribution >= 4 is 17.9 Å². The van der Waals surface area contributed by atoms with Gasteiger partial charge in [0.05, 0.1) is 18.4 Å². The molecule has 1 aliphatic carbocycles. The number of hydrogen-bond donors (Lipinski definition) is 3. The zero-order valence-corrected chi connectivity index (χ0v) is 16.8. The van der Waals surface area contributed by atoms with Crippen molar-refractivity contribution in [2.24, 2.45) is 0 Å². The lowest BCUT2D eigenvalue weighted by atomic mass is 9.83. The molecule has 0 bridgehead atoms. The number of ether oxygens (including phenoxy) is 1. The van der Waals surface area contributed by atoms with Gasteiger partial charge in [0, 0.05) is 42.6 Å². The molecule has 1 atom stereocenters. The lowest BCUT2D eigenvalue weighted by Gasteiger charge is -2.36. The first-order chi connectivity index (χ1) is 15.3. The van der Waals surface area contributed by atoms with Gasteiger partial charge in [-0.05, 0) is 12.5 Å². The summed E-state index contributed by atoms with van der Waals surface area (Å²) in [7, 11) is 0. The molecule has 166 valence electrons. The van der Waals surface area contributed by atoms with Gasteiger partial charge in [0.1, 0.15) is 11.4 Å². The molecule has 2 fully saturated rings. The van der Waals surface area contributed by atoms with Gasteiger partial charge in [-0.3, -0.25) is 10.1 Å². The van der Waals surface area contributed by atoms with Crippen LogP contribution in [0, 0.1) is 0 Å². The zero-order valence-electron chi connectivity index (χ0n) is 16.8. The molecule has 3 aliphatic heterocycles. The summed E-state index contributed by atoms with van der Waals surface area (Å²) in [6.45, 7) is 0.782. The Hall–Kier alpha value is -3.34. The smallest absolute Gasteiger partial charge is 0.322 e. The van der Waals surface area contributed by atoms with Crippen LogP contribution in [0.3, 0.4) is 0 Å². The van der Waals surface area contributed by atoms with E-state index in [9.17, 15) is 23.5 Å². The molecule has 2 aromatic rings. The van der Waals surface area contributed by atoms with Crippen LogP contribution in [0.25, 0.3) is 11.3 Å². The van der Waals surface area contributed by atoms with E-state index in [-0.39, 0.29) is 50.6 Å². The van der Waals surface area contributed by atoms with Crippen molar-refractivity contribution in [3.63, 3.8) is 0 Å². The maximum atomic E-state index is 14.6. The van der Waals surface area contributed by atoms with E-state index in [1.807, 2.05) is 0 Å². The zero-order chi connectivity index (χ0) is 22.3. The highest BCUT2D eigenvalue weighted by atomic mass is 19.3. The third-order valence-corrected chi connectivity index (χ3v) is 6.57. The number of hydrogen-bond acceptors (Lipinski definition) is 7. The fourth-order valence-electron chi connectivity index (χ4n) is 4.86. The highest BCUT2D eigenvalue weighted by Crippen LogP contribution is 2.46. The molecule has 0 radical (unpaired) electrons. The van der Waals surface area contributed by atoms with Gasteiger partial charge in [-0.25, -0.2) is 14.8 Å². The third kappa shape index (κ3) is 2.63. The predicted molar refractivity (Wildman–Crippen MR) is 106 cm³/mol. The SMILES string of the molecule is O=C1NC(=O)C2(CCOc3cc(-c4nc(N5CC(O)C5)nc5c4CCC5(F)F)ccc32)N1. The number of nitrogens with one attached hydrogen (secondary N) is 2. The van der Waals surface area contributed by atoms with Gasteiger partial charge in [0.15, 0.2) is 5.54 Å². The Morgan fingerprint density at radius 3 is 2.72 bits per heavy atom. The van der Waals surface area contributed by atoms with E-state index in [1.165, 1.54) is 0 Å². The van der Waals surface area contributed by atoms with Crippen molar-refractivity contribution in [2.75, 3.05) is 24.6 Å². The van der Waals surface area contributed by atoms with Crippen molar-refractivity contribution in [2.45, 2.75) is 36.8 Å². The van der Waals surface area contributed by atoms with E-state index in [2.05, 4.69) is 20.6 Å². The first-order valence-electron chi connectivity index (χ1n) is 10.4. The molecule has 3 amide bonds. The number of urea groups is 1. The second kappa shape index (κ2) is 6.35. The Labute approximate surface area is 180 Å². The molecule has 1 aromatic carbocycles. The predicted octanol–water partition coefficient (Wildman–Crippen LogP) is 1.18. The Kier molecular flexibility index (Phi) is 3.84. The Bertz CT molecular complexity index is 1180. The number of β-amino-alcohol motifs (C(OH)–C–C–N with tert-alkyl or cyclic N) is 1. The van der Waals surface area contributed by atoms with Gasteiger partial charge in [-0.2, -0.15) is 8.78 Å². The van der Waals surface area contributed by atoms with Crippen LogP contribution in [-0.4, -0.2) is 52.8 Å². The number of halogens is 2. The standard InChI is InChI=1S/C21H19F2N5O4/c22-21(23)4-3-12-15(24-18(25-16(12)21)28-8-11(29)9-28)10-1-2-13-14(7-10)32-6-5-20(13)17(30)26-19(31)27-20/h1-2,7,11,29H,3-6,8-9H2,(H2,26,27,30,31). The number of carbonyl (C=O) groups excluding carboxylic acids is 2. The number of anilines is 1. The van der Waals surface area contributed by atoms with E-state index < -0.39 is 29.5 Å². The van der Waals surface area contributed by atoms with Crippen LogP contribution in [0.1, 0.15) is 29.7 Å². The molecule has 1 aromatic heterocycles. The maximum Gasteiger partial charge on any atom is 0.322 e. The summed E-state index contributed by atoms with van der Waals surface area (Å²) in [6, 6.07) is 4.47. The first kappa shape index (κ1) is 19.4. The molecular weight excluding hydrogens is 424 g/mol. The van der Waals surface area contributed by atoms with Crippen LogP contribution < -0.4 is 20.3 Å². The highest BCUT2D eigenvalue weighted by Gasteiger charge is 2.51. The number of aliphatic hydroxyl groups excluding tert-OH is 1. The van der Waals surface area contributed by atoms with Crippen LogP contribution in [0.15, 0.2) is 18.2 Å². The lowest BCUT2D eigenvalue weighted by Crippen LogP contribution is -2.51. The second-order valence-corrected chi connectivity index (χ2v) is 8.59. The maximum absolute atomic E-state index is 14.6. The number of carbonyl (C=O) groups is 2. The average Bonchev–Trinajstić information content (AvgIpc) is 3.20. The number of aliphatic hydroxyl groups is 1. The molecule has 11 heteroatoms. The van der Waals surface area contributed by atoms with Crippen molar-refractivity contribution < 1.29 is 28.2 Å². The fourth-order valence-corrected chi connectivity index (χ4v) is 4.86. The van der Waals surface area contributed by atoms with Gasteiger partial charge in [0.2, 0.25) is 5.95 Å². The molecule has 32 heavy (non-hydrogen) atoms. The summed E-state index contributed by atoms with van der Waals surface area (Å²) in [5.41, 5.74) is 0.355. The second-order valence-electron chi connectivity index (χ2n) is 8.59. The number of aromatic nitrogens is 2. The van der Waals surface area contributed by atoms with Crippen molar-refractivity contribution in [1.29, 1.82) is 0 Å². The van der Waals surface area contributed by atoms with Crippen LogP contribution in [0.5, 0.6) is 5.75 Å². The number of amides is 3. The van der Waals surface area contributed by atoms with E-state index in [0.717, 1.165) is 0 Å². The van der Waals surface area contributed by atoms with E-state index in [0.29, 0.717) is 28.1 Å². The Morgan fingerprint density at radius 2 is 2.00 bits per heavy atom. The van der Waals surface area contributed by atoms with Gasteiger partial charge < -0.3 is 20.1 Å². The number of alkyl halides is 2. The Morgan fingerprint density at radius 1 is 1.19 bits per heavy atom. The molecule has 1 spiro atoms. The Balaban J connectivity index is 1.47. The van der Waals surface area contributed by atoms with Crippen LogP contribution in [0.4, 0.5) is 19.5 Å². The molecule has 9 nitrogen and oxygen atoms in total. The summed E-state index contributed by atoms with van der Waals surface area (Å²) >= 11 is 0. The lowest BCUT2D eigenvalue weighted by molar-refractivity contribution is -0.125. The van der Waals surface area contributed by atoms with Crippen molar-refractivity contribution in [1.82, 2.24) is 20.6 Å². The number of nitrogens with zero attached hydrogens (tertiary/aromatic N) is 3. The molecule has 0 saturated carbocycles. The minimum absolute atomic E-state index is 0.140. The van der Waals surface area contributed by atoms with E-state index in [4.69, 9.17) is 4.74 Å². The van der Waals surface area contributed by atoms with Crippen molar-refractivity contribution in [3.05, 3.63) is 35.0 Å². The molecule has 3 N–H and O–H groups in total. The summed E-state index contributed by atoms with van der Waals surface area (Å²) in [6.07, 6.45) is -0.446. The largest absolute Gasteiger partial charge is 0.493 e. The topological polar surface area (TPSA) is 117 Å². The van der Waals surface area contributed by atoms with Crippen LogP contribution >= 0.6 is 0 Å². The molecule has 4 heterocycles. The first-order valence-corrected chi connectivity index (χ1v) is 10.4. The summed E-state index contributed by atoms with van der Waals surface area (Å²) < 4.78 is 34.9. The van der Waals surface area contributed by atoms with Gasteiger partial charge >= 0.3 is 6.03 Å². The molecule has 1 unspecified atom stereocenters. The fraction of sp³-hybridized carbons (Fsp3) is 0.429. The number of imide groups is 1. The van der Waals surface area contributed by atoms with E-state index >= 15 is 0 Å². The monoisotopic (exact) mass is 443 g/mol. The van der Waals surface area contributed by atoms with Crippen LogP contribution in [0.2, 0.25) is 0 Å². The minimum Gasteiger partial charge on any atom is -0.493 e. The normalized spacial score (nSPS) is 25.7. The van der Waals surface area contributed by atoms with Gasteiger partial charge in [-0.1, -0.05) is 12.1 Å². The molecule has 4 aliphatic rings. The quantitative estimate of drug-likeness (QED) is 0.597. The van der Waals surface area contributed by atoms with Crippen LogP contribution in [-0.2, 0) is 22.7 Å². The molecule has 6 rings (SSSR count). The average molecular weight is 443 g/mol. The van der Waals surface area contributed by atoms with Gasteiger partial charge in [-0.15, -0.1) is 0 Å². The summed E-state index contributed by atoms with van der Waals surface area (Å²) in [5.74, 6) is -2.94. The minimum atomic E-state index is -3.05. The summed E-state index contributed by atoms with van der Waals surface area (Å²) in [5, 5.41) is 14.6. The van der Waals surface area contributed by atoms with E-state index in [1.54, 1.807) is 23.1 Å². The third-order valence-electron chi connectivity index (χ3n) is 6.57. The number of rotatable bonds is 2. The highest BCUT2D eigenvalue weighted by molar-refractivity contribution is 6.08. The molecule has 2 saturated heterocycles. The molecular formula is C21H19F2N5O4. The number of benzene rings is 1. The number of fused-ring (bicyclic) bond motifs is 3. The van der Waals surface area contributed by atoms with Gasteiger partial charge in [0.25, 0.3) is 11.8 Å². The van der Waals surface area contributed by atoms with Crippen molar-refractivity contribution in [3.8, 4) is 17.0 Å².